The van der Waals surface area contributed by atoms with Gasteiger partial charge < -0.3 is 19.7 Å². The van der Waals surface area contributed by atoms with Gasteiger partial charge >= 0.3 is 0 Å². The molecule has 0 amide bonds. The second-order valence-electron chi connectivity index (χ2n) is 4.76. The van der Waals surface area contributed by atoms with Gasteiger partial charge in [-0.1, -0.05) is 19.9 Å². The van der Waals surface area contributed by atoms with Gasteiger partial charge in [-0.25, -0.2) is 0 Å². The fourth-order valence-corrected chi connectivity index (χ4v) is 2.41. The van der Waals surface area contributed by atoms with E-state index in [1.807, 2.05) is 19.2 Å². The first kappa shape index (κ1) is 16.8. The zero-order chi connectivity index (χ0) is 15.0. The molecule has 0 aliphatic heterocycles. The Kier molecular flexibility index (Phi) is 7.41. The van der Waals surface area contributed by atoms with Gasteiger partial charge in [0.05, 0.1) is 14.2 Å². The summed E-state index contributed by atoms with van der Waals surface area (Å²) in [6, 6.07) is 6.30. The maximum absolute atomic E-state index is 5.50. The quantitative estimate of drug-likeness (QED) is 0.754. The number of methoxy groups -OCH3 is 2. The Labute approximate surface area is 123 Å². The third-order valence-electron chi connectivity index (χ3n) is 3.79. The minimum atomic E-state index is 0.288. The molecule has 20 heavy (non-hydrogen) atoms. The lowest BCUT2D eigenvalue weighted by atomic mass is 10.0. The van der Waals surface area contributed by atoms with E-state index in [0.717, 1.165) is 37.6 Å². The van der Waals surface area contributed by atoms with Gasteiger partial charge in [0.2, 0.25) is 0 Å². The molecule has 0 fully saturated rings. The zero-order valence-corrected chi connectivity index (χ0v) is 13.4. The zero-order valence-electron chi connectivity index (χ0n) is 13.4. The van der Waals surface area contributed by atoms with E-state index in [-0.39, 0.29) is 6.04 Å². The summed E-state index contributed by atoms with van der Waals surface area (Å²) < 4.78 is 10.7. The predicted octanol–water partition coefficient (Wildman–Crippen LogP) is 2.70. The Morgan fingerprint density at radius 1 is 1.15 bits per heavy atom. The lowest BCUT2D eigenvalue weighted by Crippen LogP contribution is -2.28. The van der Waals surface area contributed by atoms with E-state index in [0.29, 0.717) is 0 Å². The minimum absolute atomic E-state index is 0.288. The molecule has 0 saturated heterocycles. The van der Waals surface area contributed by atoms with E-state index < -0.39 is 0 Å². The second-order valence-corrected chi connectivity index (χ2v) is 4.76. The second kappa shape index (κ2) is 8.82. The molecule has 0 spiro atoms. The van der Waals surface area contributed by atoms with Gasteiger partial charge in [0, 0.05) is 17.7 Å². The fourth-order valence-electron chi connectivity index (χ4n) is 2.41. The molecule has 0 aromatic heterocycles. The SMILES string of the molecule is CCN(CC)CCC(NC)c1ccc(OC)cc1OC. The van der Waals surface area contributed by atoms with Crippen LogP contribution in [0.2, 0.25) is 0 Å². The van der Waals surface area contributed by atoms with Crippen LogP contribution in [0.15, 0.2) is 18.2 Å². The van der Waals surface area contributed by atoms with E-state index >= 15 is 0 Å². The molecule has 1 aromatic rings. The van der Waals surface area contributed by atoms with Crippen LogP contribution in [-0.4, -0.2) is 45.8 Å². The van der Waals surface area contributed by atoms with Crippen molar-refractivity contribution in [3.05, 3.63) is 23.8 Å². The molecule has 0 aliphatic rings. The van der Waals surface area contributed by atoms with Crippen LogP contribution in [0.25, 0.3) is 0 Å². The maximum Gasteiger partial charge on any atom is 0.127 e. The molecule has 1 rings (SSSR count). The fraction of sp³-hybridized carbons (Fsp3) is 0.625. The Morgan fingerprint density at radius 2 is 1.85 bits per heavy atom. The first-order valence-corrected chi connectivity index (χ1v) is 7.31. The van der Waals surface area contributed by atoms with E-state index in [1.54, 1.807) is 14.2 Å². The van der Waals surface area contributed by atoms with Gasteiger partial charge in [0.25, 0.3) is 0 Å². The molecule has 114 valence electrons. The minimum Gasteiger partial charge on any atom is -0.497 e. The van der Waals surface area contributed by atoms with Crippen molar-refractivity contribution < 1.29 is 9.47 Å². The van der Waals surface area contributed by atoms with E-state index in [4.69, 9.17) is 9.47 Å². The third-order valence-corrected chi connectivity index (χ3v) is 3.79. The number of benzene rings is 1. The standard InChI is InChI=1S/C16H28N2O2/c1-6-18(7-2)11-10-15(17-3)14-9-8-13(19-4)12-16(14)20-5/h8-9,12,15,17H,6-7,10-11H2,1-5H3. The molecule has 1 atom stereocenters. The molecule has 0 heterocycles. The van der Waals surface area contributed by atoms with Crippen LogP contribution in [0.3, 0.4) is 0 Å². The normalized spacial score (nSPS) is 12.5. The molecular weight excluding hydrogens is 252 g/mol. The number of nitrogens with one attached hydrogen (secondary N) is 1. The number of hydrogen-bond acceptors (Lipinski definition) is 4. The van der Waals surface area contributed by atoms with Gasteiger partial charge in [0.1, 0.15) is 11.5 Å². The van der Waals surface area contributed by atoms with Gasteiger partial charge in [-0.2, -0.15) is 0 Å². The monoisotopic (exact) mass is 280 g/mol. The number of nitrogens with zero attached hydrogens (tertiary/aromatic N) is 1. The Balaban J connectivity index is 2.83. The molecule has 1 N–H and O–H groups in total. The van der Waals surface area contributed by atoms with Crippen molar-refractivity contribution in [2.45, 2.75) is 26.3 Å². The van der Waals surface area contributed by atoms with Crippen LogP contribution >= 0.6 is 0 Å². The van der Waals surface area contributed by atoms with E-state index in [9.17, 15) is 0 Å². The highest BCUT2D eigenvalue weighted by Gasteiger charge is 2.16. The summed E-state index contributed by atoms with van der Waals surface area (Å²) in [5.41, 5.74) is 1.18. The van der Waals surface area contributed by atoms with Crippen molar-refractivity contribution in [1.29, 1.82) is 0 Å². The number of ether oxygens (including phenoxy) is 2. The van der Waals surface area contributed by atoms with E-state index in [1.165, 1.54) is 5.56 Å². The molecule has 0 saturated carbocycles. The summed E-state index contributed by atoms with van der Waals surface area (Å²) in [4.78, 5) is 2.43. The van der Waals surface area contributed by atoms with Crippen LogP contribution < -0.4 is 14.8 Å². The summed E-state index contributed by atoms with van der Waals surface area (Å²) in [6.07, 6.45) is 1.06. The number of rotatable bonds is 9. The highest BCUT2D eigenvalue weighted by molar-refractivity contribution is 5.42. The molecular formula is C16H28N2O2. The predicted molar refractivity (Wildman–Crippen MR) is 83.8 cm³/mol. The van der Waals surface area contributed by atoms with Crippen molar-refractivity contribution in [3.8, 4) is 11.5 Å². The summed E-state index contributed by atoms with van der Waals surface area (Å²) in [5.74, 6) is 1.70. The maximum atomic E-state index is 5.50. The first-order valence-electron chi connectivity index (χ1n) is 7.31. The van der Waals surface area contributed by atoms with Crippen LogP contribution in [0.1, 0.15) is 31.9 Å². The van der Waals surface area contributed by atoms with Crippen LogP contribution in [-0.2, 0) is 0 Å². The Bertz CT molecular complexity index is 392. The topological polar surface area (TPSA) is 33.7 Å². The molecule has 4 nitrogen and oxygen atoms in total. The molecule has 1 unspecified atom stereocenters. The average Bonchev–Trinajstić information content (AvgIpc) is 2.51. The van der Waals surface area contributed by atoms with Gasteiger partial charge in [-0.15, -0.1) is 0 Å². The van der Waals surface area contributed by atoms with Crippen LogP contribution in [0, 0.1) is 0 Å². The molecule has 0 aliphatic carbocycles. The largest absolute Gasteiger partial charge is 0.497 e. The van der Waals surface area contributed by atoms with Gasteiger partial charge in [-0.3, -0.25) is 0 Å². The van der Waals surface area contributed by atoms with Crippen LogP contribution in [0.4, 0.5) is 0 Å². The van der Waals surface area contributed by atoms with Crippen molar-refractivity contribution in [2.75, 3.05) is 40.9 Å². The van der Waals surface area contributed by atoms with Crippen molar-refractivity contribution in [2.24, 2.45) is 0 Å². The molecule has 4 heteroatoms. The molecule has 0 bridgehead atoms. The third kappa shape index (κ3) is 4.39. The molecule has 1 aromatic carbocycles. The van der Waals surface area contributed by atoms with Crippen LogP contribution in [0.5, 0.6) is 11.5 Å². The van der Waals surface area contributed by atoms with E-state index in [2.05, 4.69) is 30.1 Å². The summed E-state index contributed by atoms with van der Waals surface area (Å²) >= 11 is 0. The van der Waals surface area contributed by atoms with Crippen molar-refractivity contribution in [3.63, 3.8) is 0 Å². The Hall–Kier alpha value is -1.26. The van der Waals surface area contributed by atoms with Crippen molar-refractivity contribution in [1.82, 2.24) is 10.2 Å². The highest BCUT2D eigenvalue weighted by atomic mass is 16.5. The van der Waals surface area contributed by atoms with Crippen molar-refractivity contribution >= 4 is 0 Å². The summed E-state index contributed by atoms with van der Waals surface area (Å²) in [6.45, 7) is 7.66. The highest BCUT2D eigenvalue weighted by Crippen LogP contribution is 2.30. The average molecular weight is 280 g/mol. The Morgan fingerprint density at radius 3 is 2.35 bits per heavy atom. The summed E-state index contributed by atoms with van der Waals surface area (Å²) in [5, 5.41) is 3.39. The number of hydrogen-bond donors (Lipinski definition) is 1. The van der Waals surface area contributed by atoms with Gasteiger partial charge in [-0.05, 0) is 39.2 Å². The smallest absolute Gasteiger partial charge is 0.127 e. The summed E-state index contributed by atoms with van der Waals surface area (Å²) in [7, 11) is 5.37. The molecule has 0 radical (unpaired) electrons. The first-order chi connectivity index (χ1) is 9.69. The lowest BCUT2D eigenvalue weighted by Gasteiger charge is -2.24. The lowest BCUT2D eigenvalue weighted by molar-refractivity contribution is 0.282. The van der Waals surface area contributed by atoms with Gasteiger partial charge in [0.15, 0.2) is 0 Å².